The van der Waals surface area contributed by atoms with Crippen LogP contribution in [0, 0.1) is 6.92 Å². The first-order valence-electron chi connectivity index (χ1n) is 6.65. The summed E-state index contributed by atoms with van der Waals surface area (Å²) in [4.78, 5) is 15.6. The highest BCUT2D eigenvalue weighted by Crippen LogP contribution is 2.29. The normalized spacial score (nSPS) is 20.8. The lowest BCUT2D eigenvalue weighted by Crippen LogP contribution is -2.35. The SMILES string of the molecule is Cc1[nH]c2cccc(Cl)c2c1C(=O)NC1CCS(=O)(=O)C1. The Morgan fingerprint density at radius 1 is 1.43 bits per heavy atom. The van der Waals surface area contributed by atoms with E-state index in [1.54, 1.807) is 13.0 Å². The molecule has 1 atom stereocenters. The smallest absolute Gasteiger partial charge is 0.254 e. The largest absolute Gasteiger partial charge is 0.358 e. The molecule has 1 amide bonds. The summed E-state index contributed by atoms with van der Waals surface area (Å²) in [5.41, 5.74) is 2.00. The molecule has 2 N–H and O–H groups in total. The fourth-order valence-corrected chi connectivity index (χ4v) is 4.73. The molecule has 7 heteroatoms. The molecule has 1 saturated heterocycles. The van der Waals surface area contributed by atoms with Crippen LogP contribution in [0.3, 0.4) is 0 Å². The lowest BCUT2D eigenvalue weighted by Gasteiger charge is -2.11. The topological polar surface area (TPSA) is 79.0 Å². The van der Waals surface area contributed by atoms with Gasteiger partial charge in [-0.1, -0.05) is 17.7 Å². The predicted molar refractivity (Wildman–Crippen MR) is 82.6 cm³/mol. The van der Waals surface area contributed by atoms with Crippen molar-refractivity contribution in [2.75, 3.05) is 11.5 Å². The highest BCUT2D eigenvalue weighted by atomic mass is 35.5. The van der Waals surface area contributed by atoms with Crippen LogP contribution in [0.15, 0.2) is 18.2 Å². The van der Waals surface area contributed by atoms with Gasteiger partial charge in [0.2, 0.25) is 0 Å². The Labute approximate surface area is 127 Å². The van der Waals surface area contributed by atoms with Gasteiger partial charge in [-0.05, 0) is 25.5 Å². The van der Waals surface area contributed by atoms with Crippen LogP contribution < -0.4 is 5.32 Å². The van der Waals surface area contributed by atoms with Crippen molar-refractivity contribution < 1.29 is 13.2 Å². The highest BCUT2D eigenvalue weighted by molar-refractivity contribution is 7.91. The second-order valence-electron chi connectivity index (χ2n) is 5.36. The zero-order chi connectivity index (χ0) is 15.2. The Bertz CT molecular complexity index is 826. The zero-order valence-corrected chi connectivity index (χ0v) is 13.0. The second kappa shape index (κ2) is 5.03. The number of fused-ring (bicyclic) bond motifs is 1. The Morgan fingerprint density at radius 3 is 2.86 bits per heavy atom. The highest BCUT2D eigenvalue weighted by Gasteiger charge is 2.30. The van der Waals surface area contributed by atoms with Crippen LogP contribution in [0.2, 0.25) is 5.02 Å². The molecule has 0 saturated carbocycles. The van der Waals surface area contributed by atoms with Gasteiger partial charge in [0.1, 0.15) is 0 Å². The fourth-order valence-electron chi connectivity index (χ4n) is 2.78. The van der Waals surface area contributed by atoms with E-state index in [-0.39, 0.29) is 23.5 Å². The minimum Gasteiger partial charge on any atom is -0.358 e. The lowest BCUT2D eigenvalue weighted by molar-refractivity contribution is 0.0942. The molecule has 2 heterocycles. The maximum Gasteiger partial charge on any atom is 0.254 e. The maximum absolute atomic E-state index is 12.5. The molecule has 0 bridgehead atoms. The molecule has 5 nitrogen and oxygen atoms in total. The number of aromatic amines is 1. The van der Waals surface area contributed by atoms with Crippen LogP contribution in [0.1, 0.15) is 22.5 Å². The molecule has 1 aromatic heterocycles. The van der Waals surface area contributed by atoms with Crippen LogP contribution >= 0.6 is 11.6 Å². The summed E-state index contributed by atoms with van der Waals surface area (Å²) in [6.07, 6.45) is 0.462. The number of halogens is 1. The van der Waals surface area contributed by atoms with Gasteiger partial charge in [0, 0.05) is 22.6 Å². The van der Waals surface area contributed by atoms with Gasteiger partial charge >= 0.3 is 0 Å². The number of hydrogen-bond donors (Lipinski definition) is 2. The summed E-state index contributed by atoms with van der Waals surface area (Å²) < 4.78 is 22.9. The van der Waals surface area contributed by atoms with E-state index in [4.69, 9.17) is 11.6 Å². The minimum absolute atomic E-state index is 0.00781. The number of amides is 1. The number of carbonyl (C=O) groups excluding carboxylic acids is 1. The number of hydrogen-bond acceptors (Lipinski definition) is 3. The lowest BCUT2D eigenvalue weighted by atomic mass is 10.1. The Balaban J connectivity index is 1.94. The average Bonchev–Trinajstić information content (AvgIpc) is 2.89. The van der Waals surface area contributed by atoms with Gasteiger partial charge in [-0.25, -0.2) is 8.42 Å². The monoisotopic (exact) mass is 326 g/mol. The first kappa shape index (κ1) is 14.4. The van der Waals surface area contributed by atoms with E-state index in [9.17, 15) is 13.2 Å². The zero-order valence-electron chi connectivity index (χ0n) is 11.4. The molecule has 1 fully saturated rings. The first-order valence-corrected chi connectivity index (χ1v) is 8.85. The van der Waals surface area contributed by atoms with E-state index in [0.29, 0.717) is 22.4 Å². The summed E-state index contributed by atoms with van der Waals surface area (Å²) in [7, 11) is -3.02. The van der Waals surface area contributed by atoms with Gasteiger partial charge < -0.3 is 10.3 Å². The summed E-state index contributed by atoms with van der Waals surface area (Å²) in [6, 6.07) is 5.07. The minimum atomic E-state index is -3.02. The Kier molecular flexibility index (Phi) is 3.45. The summed E-state index contributed by atoms with van der Waals surface area (Å²) in [5.74, 6) is -0.145. The van der Waals surface area contributed by atoms with Crippen molar-refractivity contribution in [3.8, 4) is 0 Å². The summed E-state index contributed by atoms with van der Waals surface area (Å²) in [5, 5.41) is 3.98. The molecule has 21 heavy (non-hydrogen) atoms. The van der Waals surface area contributed by atoms with Crippen LogP contribution in [0.25, 0.3) is 10.9 Å². The number of aryl methyl sites for hydroxylation is 1. The van der Waals surface area contributed by atoms with Crippen molar-refractivity contribution in [2.24, 2.45) is 0 Å². The maximum atomic E-state index is 12.5. The number of nitrogens with one attached hydrogen (secondary N) is 2. The van der Waals surface area contributed by atoms with Crippen LogP contribution in [0.5, 0.6) is 0 Å². The third-order valence-electron chi connectivity index (χ3n) is 3.76. The molecule has 1 aliphatic heterocycles. The van der Waals surface area contributed by atoms with E-state index in [2.05, 4.69) is 10.3 Å². The van der Waals surface area contributed by atoms with E-state index < -0.39 is 9.84 Å². The second-order valence-corrected chi connectivity index (χ2v) is 8.00. The number of H-pyrrole nitrogens is 1. The van der Waals surface area contributed by atoms with Gasteiger partial charge in [0.25, 0.3) is 5.91 Å². The molecule has 112 valence electrons. The molecular weight excluding hydrogens is 312 g/mol. The quantitative estimate of drug-likeness (QED) is 0.886. The number of rotatable bonds is 2. The summed E-state index contributed by atoms with van der Waals surface area (Å²) in [6.45, 7) is 1.80. The van der Waals surface area contributed by atoms with E-state index in [1.165, 1.54) is 0 Å². The molecule has 0 radical (unpaired) electrons. The fraction of sp³-hybridized carbons (Fsp3) is 0.357. The van der Waals surface area contributed by atoms with Gasteiger partial charge in [0.15, 0.2) is 9.84 Å². The number of benzene rings is 1. The molecule has 0 aliphatic carbocycles. The van der Waals surface area contributed by atoms with Gasteiger partial charge in [-0.15, -0.1) is 0 Å². The first-order chi connectivity index (χ1) is 9.87. The van der Waals surface area contributed by atoms with Crippen LogP contribution in [-0.2, 0) is 9.84 Å². The number of sulfone groups is 1. The van der Waals surface area contributed by atoms with Crippen molar-refractivity contribution in [1.29, 1.82) is 0 Å². The Hall–Kier alpha value is -1.53. The predicted octanol–water partition coefficient (Wildman–Crippen LogP) is 2.05. The molecular formula is C14H15ClN2O3S. The van der Waals surface area contributed by atoms with Crippen molar-refractivity contribution in [3.63, 3.8) is 0 Å². The van der Waals surface area contributed by atoms with E-state index in [1.807, 2.05) is 12.1 Å². The number of carbonyl (C=O) groups is 1. The van der Waals surface area contributed by atoms with Gasteiger partial charge in [0.05, 0.1) is 22.1 Å². The third kappa shape index (κ3) is 2.65. The number of aromatic nitrogens is 1. The Morgan fingerprint density at radius 2 is 2.19 bits per heavy atom. The molecule has 2 aromatic rings. The third-order valence-corrected chi connectivity index (χ3v) is 5.84. The average molecular weight is 327 g/mol. The van der Waals surface area contributed by atoms with Crippen molar-refractivity contribution in [3.05, 3.63) is 34.5 Å². The molecule has 1 aliphatic rings. The van der Waals surface area contributed by atoms with Crippen LogP contribution in [-0.4, -0.2) is 36.9 Å². The van der Waals surface area contributed by atoms with E-state index >= 15 is 0 Å². The van der Waals surface area contributed by atoms with Gasteiger partial charge in [-0.3, -0.25) is 4.79 Å². The molecule has 3 rings (SSSR count). The summed E-state index contributed by atoms with van der Waals surface area (Å²) >= 11 is 6.19. The standard InChI is InChI=1S/C14H15ClN2O3S/c1-8-12(13-10(15)3-2-4-11(13)16-8)14(18)17-9-5-6-21(19,20)7-9/h2-4,9,16H,5-7H2,1H3,(H,17,18). The van der Waals surface area contributed by atoms with Gasteiger partial charge in [-0.2, -0.15) is 0 Å². The molecule has 1 unspecified atom stereocenters. The van der Waals surface area contributed by atoms with Crippen molar-refractivity contribution >= 4 is 38.2 Å². The van der Waals surface area contributed by atoms with Crippen molar-refractivity contribution in [2.45, 2.75) is 19.4 Å². The molecule has 0 spiro atoms. The van der Waals surface area contributed by atoms with Crippen molar-refractivity contribution in [1.82, 2.24) is 10.3 Å². The van der Waals surface area contributed by atoms with E-state index in [0.717, 1.165) is 11.2 Å². The molecule has 1 aromatic carbocycles. The van der Waals surface area contributed by atoms with Crippen LogP contribution in [0.4, 0.5) is 0 Å².